The number of hydrogen-bond acceptors (Lipinski definition) is 2. The summed E-state index contributed by atoms with van der Waals surface area (Å²) in [5.41, 5.74) is 0.933. The van der Waals surface area contributed by atoms with E-state index in [1.807, 2.05) is 18.2 Å². The minimum atomic E-state index is -1.14. The topological polar surface area (TPSA) is 24.7 Å². The van der Waals surface area contributed by atoms with Gasteiger partial charge in [0.05, 0.1) is 5.71 Å². The fourth-order valence-electron chi connectivity index (χ4n) is 1.46. The van der Waals surface area contributed by atoms with Crippen LogP contribution in [-0.4, -0.2) is 21.4 Å². The first-order valence-electron chi connectivity index (χ1n) is 4.93. The van der Waals surface area contributed by atoms with Crippen LogP contribution in [0.2, 0.25) is 0 Å². The van der Waals surface area contributed by atoms with Gasteiger partial charge in [-0.2, -0.15) is 0 Å². The summed E-state index contributed by atoms with van der Waals surface area (Å²) in [6.45, 7) is 1.61. The summed E-state index contributed by atoms with van der Waals surface area (Å²) in [7, 11) is 0. The number of benzene rings is 1. The molecule has 0 aromatic heterocycles. The average Bonchev–Trinajstić information content (AvgIpc) is 2.60. The molecule has 0 N–H and O–H groups in total. The molecular weight excluding hydrogens is 426 g/mol. The molecule has 0 amide bonds. The number of hydrogen-bond donors (Lipinski definition) is 0. The van der Waals surface area contributed by atoms with Gasteiger partial charge in [0.2, 0.25) is 0 Å². The van der Waals surface area contributed by atoms with Gasteiger partial charge in [-0.1, -0.05) is 72.7 Å². The zero-order valence-corrected chi connectivity index (χ0v) is 14.5. The Morgan fingerprint density at radius 2 is 1.94 bits per heavy atom. The minimum Gasteiger partial charge on any atom is -0.241 e. The molecule has 1 atom stereocenters. The second-order valence-corrected chi connectivity index (χ2v) is 7.69. The molecule has 0 saturated carbocycles. The molecule has 0 fully saturated rings. The maximum Gasteiger partial charge on any atom is 0.174 e. The lowest BCUT2D eigenvalue weighted by Gasteiger charge is -2.09. The molecular formula is C11H7Br2Cl3N2. The van der Waals surface area contributed by atoms with E-state index in [-0.39, 0.29) is 0 Å². The molecule has 1 aliphatic rings. The van der Waals surface area contributed by atoms with Crippen LogP contribution in [-0.2, 0) is 0 Å². The summed E-state index contributed by atoms with van der Waals surface area (Å²) in [5.74, 6) is 0.329. The Bertz CT molecular complexity index is 550. The van der Waals surface area contributed by atoms with Crippen molar-refractivity contribution < 1.29 is 0 Å². The van der Waals surface area contributed by atoms with Crippen LogP contribution < -0.4 is 0 Å². The Balaban J connectivity index is 2.42. The molecule has 2 rings (SSSR count). The molecule has 1 aromatic carbocycles. The van der Waals surface area contributed by atoms with E-state index in [2.05, 4.69) is 41.8 Å². The van der Waals surface area contributed by atoms with Gasteiger partial charge < -0.3 is 0 Å². The van der Waals surface area contributed by atoms with E-state index in [0.29, 0.717) is 11.5 Å². The first-order chi connectivity index (χ1) is 8.29. The maximum atomic E-state index is 6.16. The predicted molar refractivity (Wildman–Crippen MR) is 85.6 cm³/mol. The molecule has 0 radical (unpaired) electrons. The van der Waals surface area contributed by atoms with Gasteiger partial charge in [0.1, 0.15) is 0 Å². The number of halogens is 5. The number of amidine groups is 1. The highest BCUT2D eigenvalue weighted by Crippen LogP contribution is 2.31. The SMILES string of the molecule is CC(Cl)(Cl)C1=NC(Cl)C(c2ccc(Br)cc2Br)=N1. The van der Waals surface area contributed by atoms with Crippen molar-refractivity contribution in [3.63, 3.8) is 0 Å². The molecule has 0 bridgehead atoms. The summed E-state index contributed by atoms with van der Waals surface area (Å²) in [6.07, 6.45) is 0. The van der Waals surface area contributed by atoms with Gasteiger partial charge >= 0.3 is 0 Å². The fourth-order valence-corrected chi connectivity index (χ4v) is 3.15. The summed E-state index contributed by atoms with van der Waals surface area (Å²) < 4.78 is 0.698. The maximum absolute atomic E-state index is 6.16. The lowest BCUT2D eigenvalue weighted by atomic mass is 10.1. The van der Waals surface area contributed by atoms with Crippen LogP contribution in [0.5, 0.6) is 0 Å². The zero-order chi connectivity index (χ0) is 13.5. The van der Waals surface area contributed by atoms with Gasteiger partial charge in [0.25, 0.3) is 0 Å². The van der Waals surface area contributed by atoms with E-state index in [4.69, 9.17) is 34.8 Å². The lowest BCUT2D eigenvalue weighted by Crippen LogP contribution is -2.18. The molecule has 0 saturated heterocycles. The number of nitrogens with zero attached hydrogens (tertiary/aromatic N) is 2. The van der Waals surface area contributed by atoms with Crippen LogP contribution in [0, 0.1) is 0 Å². The van der Waals surface area contributed by atoms with Crippen molar-refractivity contribution in [3.8, 4) is 0 Å². The van der Waals surface area contributed by atoms with Gasteiger partial charge in [-0.25, -0.2) is 9.98 Å². The van der Waals surface area contributed by atoms with Crippen molar-refractivity contribution in [1.29, 1.82) is 0 Å². The summed E-state index contributed by atoms with van der Waals surface area (Å²) in [6, 6.07) is 5.73. The molecule has 2 nitrogen and oxygen atoms in total. The lowest BCUT2D eigenvalue weighted by molar-refractivity contribution is 1.13. The first-order valence-corrected chi connectivity index (χ1v) is 7.71. The smallest absolute Gasteiger partial charge is 0.174 e. The zero-order valence-electron chi connectivity index (χ0n) is 9.09. The Morgan fingerprint density at radius 1 is 1.28 bits per heavy atom. The molecule has 1 heterocycles. The van der Waals surface area contributed by atoms with Crippen molar-refractivity contribution in [3.05, 3.63) is 32.7 Å². The van der Waals surface area contributed by atoms with Gasteiger partial charge in [-0.3, -0.25) is 0 Å². The minimum absolute atomic E-state index is 0.329. The third-order valence-electron chi connectivity index (χ3n) is 2.29. The van der Waals surface area contributed by atoms with E-state index < -0.39 is 9.83 Å². The Hall–Kier alpha value is 0.390. The van der Waals surface area contributed by atoms with E-state index in [0.717, 1.165) is 14.5 Å². The second-order valence-electron chi connectivity index (χ2n) is 3.80. The third kappa shape index (κ3) is 3.10. The van der Waals surface area contributed by atoms with E-state index >= 15 is 0 Å². The Morgan fingerprint density at radius 3 is 2.44 bits per heavy atom. The average molecular weight is 433 g/mol. The van der Waals surface area contributed by atoms with Crippen molar-refractivity contribution in [2.45, 2.75) is 16.8 Å². The molecule has 7 heteroatoms. The van der Waals surface area contributed by atoms with Crippen LogP contribution in [0.1, 0.15) is 12.5 Å². The van der Waals surface area contributed by atoms with Gasteiger partial charge in [-0.05, 0) is 19.1 Å². The highest BCUT2D eigenvalue weighted by Gasteiger charge is 2.32. The summed E-state index contributed by atoms with van der Waals surface area (Å²) in [5, 5.41) is 0. The largest absolute Gasteiger partial charge is 0.241 e. The standard InChI is InChI=1S/C11H7Br2Cl3N2/c1-11(15,16)10-17-8(9(14)18-10)6-3-2-5(12)4-7(6)13/h2-4,9H,1H3. The Labute approximate surface area is 137 Å². The first kappa shape index (κ1) is 14.8. The molecule has 18 heavy (non-hydrogen) atoms. The van der Waals surface area contributed by atoms with E-state index in [1.165, 1.54) is 0 Å². The van der Waals surface area contributed by atoms with Gasteiger partial charge in [0.15, 0.2) is 15.7 Å². The van der Waals surface area contributed by atoms with Crippen molar-refractivity contribution >= 4 is 78.2 Å². The predicted octanol–water partition coefficient (Wildman–Crippen LogP) is 5.17. The Kier molecular flexibility index (Phi) is 4.44. The highest BCUT2D eigenvalue weighted by molar-refractivity contribution is 9.11. The number of alkyl halides is 3. The van der Waals surface area contributed by atoms with E-state index in [1.54, 1.807) is 6.92 Å². The van der Waals surface area contributed by atoms with Crippen molar-refractivity contribution in [2.24, 2.45) is 9.98 Å². The van der Waals surface area contributed by atoms with Crippen molar-refractivity contribution in [2.75, 3.05) is 0 Å². The van der Waals surface area contributed by atoms with Gasteiger partial charge in [-0.15, -0.1) is 0 Å². The van der Waals surface area contributed by atoms with E-state index in [9.17, 15) is 0 Å². The second kappa shape index (κ2) is 5.41. The quantitative estimate of drug-likeness (QED) is 0.454. The normalized spacial score (nSPS) is 19.8. The molecule has 1 aromatic rings. The fraction of sp³-hybridized carbons (Fsp3) is 0.273. The van der Waals surface area contributed by atoms with Crippen LogP contribution in [0.15, 0.2) is 37.1 Å². The summed E-state index contributed by atoms with van der Waals surface area (Å²) in [4.78, 5) is 8.49. The molecule has 0 aliphatic carbocycles. The highest BCUT2D eigenvalue weighted by atomic mass is 79.9. The molecule has 96 valence electrons. The van der Waals surface area contributed by atoms with Crippen LogP contribution in [0.3, 0.4) is 0 Å². The van der Waals surface area contributed by atoms with Crippen LogP contribution >= 0.6 is 66.7 Å². The van der Waals surface area contributed by atoms with Crippen LogP contribution in [0.4, 0.5) is 0 Å². The number of rotatable bonds is 2. The van der Waals surface area contributed by atoms with Gasteiger partial charge in [0, 0.05) is 14.5 Å². The molecule has 0 spiro atoms. The third-order valence-corrected chi connectivity index (χ3v) is 4.08. The monoisotopic (exact) mass is 430 g/mol. The van der Waals surface area contributed by atoms with Crippen LogP contribution in [0.25, 0.3) is 0 Å². The molecule has 1 aliphatic heterocycles. The van der Waals surface area contributed by atoms with Crippen molar-refractivity contribution in [1.82, 2.24) is 0 Å². The summed E-state index contributed by atoms with van der Waals surface area (Å²) >= 11 is 25.0. The molecule has 1 unspecified atom stereocenters. The number of aliphatic imine (C=N–C) groups is 2.